The highest BCUT2D eigenvalue weighted by atomic mass is 32.2. The maximum absolute atomic E-state index is 11.9. The average molecular weight is 296 g/mol. The van der Waals surface area contributed by atoms with Crippen LogP contribution >= 0.6 is 0 Å². The number of nitrogens with one attached hydrogen (secondary N) is 2. The molecule has 0 aliphatic carbocycles. The van der Waals surface area contributed by atoms with E-state index >= 15 is 0 Å². The van der Waals surface area contributed by atoms with E-state index in [0.717, 1.165) is 6.42 Å². The van der Waals surface area contributed by atoms with Gasteiger partial charge in [0.1, 0.15) is 0 Å². The summed E-state index contributed by atoms with van der Waals surface area (Å²) in [7, 11) is -3.55. The number of carbonyl (C=O) groups is 1. The maximum atomic E-state index is 11.9. The highest BCUT2D eigenvalue weighted by Crippen LogP contribution is 2.10. The predicted octanol–water partition coefficient (Wildman–Crippen LogP) is 1.68. The zero-order valence-corrected chi connectivity index (χ0v) is 12.5. The van der Waals surface area contributed by atoms with E-state index < -0.39 is 10.0 Å². The molecule has 0 heterocycles. The zero-order valence-electron chi connectivity index (χ0n) is 11.7. The van der Waals surface area contributed by atoms with Crippen LogP contribution in [0.15, 0.2) is 41.8 Å². The molecule has 20 heavy (non-hydrogen) atoms. The fraction of sp³-hybridized carbons (Fsp3) is 0.357. The van der Waals surface area contributed by atoms with Gasteiger partial charge in [-0.1, -0.05) is 13.0 Å². The molecule has 1 amide bonds. The second kappa shape index (κ2) is 7.21. The lowest BCUT2D eigenvalue weighted by Crippen LogP contribution is -2.32. The summed E-state index contributed by atoms with van der Waals surface area (Å²) >= 11 is 0. The van der Waals surface area contributed by atoms with E-state index in [9.17, 15) is 13.2 Å². The molecule has 0 spiro atoms. The van der Waals surface area contributed by atoms with E-state index in [1.807, 2.05) is 13.8 Å². The number of hydrogen-bond acceptors (Lipinski definition) is 3. The molecule has 1 rings (SSSR count). The van der Waals surface area contributed by atoms with E-state index in [2.05, 4.69) is 16.6 Å². The first-order valence-corrected chi connectivity index (χ1v) is 7.90. The molecule has 0 aromatic heterocycles. The maximum Gasteiger partial charge on any atom is 0.251 e. The number of sulfonamides is 1. The molecule has 1 unspecified atom stereocenters. The van der Waals surface area contributed by atoms with Crippen molar-refractivity contribution in [1.82, 2.24) is 10.0 Å². The molecule has 6 heteroatoms. The van der Waals surface area contributed by atoms with Gasteiger partial charge in [0.2, 0.25) is 10.0 Å². The monoisotopic (exact) mass is 296 g/mol. The van der Waals surface area contributed by atoms with Crippen molar-refractivity contribution in [3.8, 4) is 0 Å². The van der Waals surface area contributed by atoms with Gasteiger partial charge in [-0.3, -0.25) is 4.79 Å². The zero-order chi connectivity index (χ0) is 15.2. The third-order valence-electron chi connectivity index (χ3n) is 2.83. The van der Waals surface area contributed by atoms with Crippen LogP contribution in [0.2, 0.25) is 0 Å². The van der Waals surface area contributed by atoms with Crippen LogP contribution in [0.5, 0.6) is 0 Å². The molecule has 1 atom stereocenters. The van der Waals surface area contributed by atoms with Gasteiger partial charge >= 0.3 is 0 Å². The highest BCUT2D eigenvalue weighted by molar-refractivity contribution is 7.89. The Labute approximate surface area is 120 Å². The van der Waals surface area contributed by atoms with Crippen LogP contribution < -0.4 is 10.0 Å². The molecule has 0 aliphatic heterocycles. The molecule has 0 saturated carbocycles. The number of rotatable bonds is 7. The van der Waals surface area contributed by atoms with Gasteiger partial charge in [-0.2, -0.15) is 0 Å². The summed E-state index contributed by atoms with van der Waals surface area (Å²) in [5.74, 6) is -0.206. The van der Waals surface area contributed by atoms with Crippen molar-refractivity contribution in [3.05, 3.63) is 42.5 Å². The van der Waals surface area contributed by atoms with Crippen molar-refractivity contribution >= 4 is 15.9 Å². The molecule has 1 aromatic carbocycles. The Bertz CT molecular complexity index is 565. The third kappa shape index (κ3) is 4.47. The first-order valence-electron chi connectivity index (χ1n) is 6.42. The van der Waals surface area contributed by atoms with Crippen molar-refractivity contribution < 1.29 is 13.2 Å². The second-order valence-electron chi connectivity index (χ2n) is 4.45. The standard InChI is InChI=1S/C14H20N2O3S/c1-4-10-15-20(18,19)13-8-6-12(7-9-13)14(17)16-11(3)5-2/h4,6-9,11,15H,1,5,10H2,2-3H3,(H,16,17). The van der Waals surface area contributed by atoms with Crippen molar-refractivity contribution in [2.45, 2.75) is 31.2 Å². The van der Waals surface area contributed by atoms with Crippen LogP contribution in [-0.2, 0) is 10.0 Å². The van der Waals surface area contributed by atoms with Crippen molar-refractivity contribution in [1.29, 1.82) is 0 Å². The minimum atomic E-state index is -3.55. The molecule has 0 aliphatic rings. The fourth-order valence-corrected chi connectivity index (χ4v) is 2.44. The predicted molar refractivity (Wildman–Crippen MR) is 79.0 cm³/mol. The van der Waals surface area contributed by atoms with Gasteiger partial charge in [0, 0.05) is 18.2 Å². The lowest BCUT2D eigenvalue weighted by Gasteiger charge is -2.11. The van der Waals surface area contributed by atoms with Gasteiger partial charge in [0.25, 0.3) is 5.91 Å². The second-order valence-corrected chi connectivity index (χ2v) is 6.21. The van der Waals surface area contributed by atoms with Crippen LogP contribution in [0, 0.1) is 0 Å². The first-order chi connectivity index (χ1) is 9.40. The summed E-state index contributed by atoms with van der Waals surface area (Å²) in [5.41, 5.74) is 0.438. The Morgan fingerprint density at radius 1 is 1.35 bits per heavy atom. The lowest BCUT2D eigenvalue weighted by atomic mass is 10.2. The Balaban J connectivity index is 2.83. The van der Waals surface area contributed by atoms with Crippen molar-refractivity contribution in [2.75, 3.05) is 6.54 Å². The van der Waals surface area contributed by atoms with Crippen LogP contribution in [-0.4, -0.2) is 26.9 Å². The summed E-state index contributed by atoms with van der Waals surface area (Å²) in [6.07, 6.45) is 2.30. The van der Waals surface area contributed by atoms with E-state index in [-0.39, 0.29) is 23.4 Å². The van der Waals surface area contributed by atoms with Crippen LogP contribution in [0.25, 0.3) is 0 Å². The van der Waals surface area contributed by atoms with E-state index in [0.29, 0.717) is 5.56 Å². The normalized spacial score (nSPS) is 12.7. The van der Waals surface area contributed by atoms with Crippen LogP contribution in [0.3, 0.4) is 0 Å². The van der Waals surface area contributed by atoms with Crippen LogP contribution in [0.4, 0.5) is 0 Å². The van der Waals surface area contributed by atoms with E-state index in [1.165, 1.54) is 30.3 Å². The van der Waals surface area contributed by atoms with Gasteiger partial charge in [-0.15, -0.1) is 6.58 Å². The summed E-state index contributed by atoms with van der Waals surface area (Å²) in [4.78, 5) is 12.0. The van der Waals surface area contributed by atoms with Crippen molar-refractivity contribution in [3.63, 3.8) is 0 Å². The lowest BCUT2D eigenvalue weighted by molar-refractivity contribution is 0.0939. The molecule has 110 valence electrons. The molecule has 0 radical (unpaired) electrons. The molecule has 0 fully saturated rings. The Morgan fingerprint density at radius 2 is 1.95 bits per heavy atom. The van der Waals surface area contributed by atoms with E-state index in [1.54, 1.807) is 0 Å². The summed E-state index contributed by atoms with van der Waals surface area (Å²) < 4.78 is 26.0. The van der Waals surface area contributed by atoms with Gasteiger partial charge in [0.15, 0.2) is 0 Å². The first kappa shape index (κ1) is 16.4. The molecule has 5 nitrogen and oxygen atoms in total. The van der Waals surface area contributed by atoms with E-state index in [4.69, 9.17) is 0 Å². The fourth-order valence-electron chi connectivity index (χ4n) is 1.45. The molecular weight excluding hydrogens is 276 g/mol. The summed E-state index contributed by atoms with van der Waals surface area (Å²) in [6, 6.07) is 5.91. The van der Waals surface area contributed by atoms with Crippen LogP contribution in [0.1, 0.15) is 30.6 Å². The molecular formula is C14H20N2O3S. The minimum absolute atomic E-state index is 0.0835. The topological polar surface area (TPSA) is 75.3 Å². The minimum Gasteiger partial charge on any atom is -0.350 e. The average Bonchev–Trinajstić information content (AvgIpc) is 2.45. The summed E-state index contributed by atoms with van der Waals surface area (Å²) in [5, 5.41) is 2.82. The smallest absolute Gasteiger partial charge is 0.251 e. The Kier molecular flexibility index (Phi) is 5.91. The number of hydrogen-bond donors (Lipinski definition) is 2. The Hall–Kier alpha value is -1.66. The molecule has 1 aromatic rings. The molecule has 0 saturated heterocycles. The highest BCUT2D eigenvalue weighted by Gasteiger charge is 2.14. The van der Waals surface area contributed by atoms with Gasteiger partial charge in [-0.05, 0) is 37.6 Å². The molecule has 2 N–H and O–H groups in total. The van der Waals surface area contributed by atoms with Gasteiger partial charge in [0.05, 0.1) is 4.90 Å². The SMILES string of the molecule is C=CCNS(=O)(=O)c1ccc(C(=O)NC(C)CC)cc1. The number of benzene rings is 1. The quantitative estimate of drug-likeness (QED) is 0.752. The van der Waals surface area contributed by atoms with Crippen molar-refractivity contribution in [2.24, 2.45) is 0 Å². The van der Waals surface area contributed by atoms with Gasteiger partial charge in [-0.25, -0.2) is 13.1 Å². The number of carbonyl (C=O) groups excluding carboxylic acids is 1. The number of amides is 1. The summed E-state index contributed by atoms with van der Waals surface area (Å²) in [6.45, 7) is 7.51. The largest absolute Gasteiger partial charge is 0.350 e. The Morgan fingerprint density at radius 3 is 2.45 bits per heavy atom. The third-order valence-corrected chi connectivity index (χ3v) is 4.27. The molecule has 0 bridgehead atoms. The van der Waals surface area contributed by atoms with Gasteiger partial charge < -0.3 is 5.32 Å².